The third kappa shape index (κ3) is 3.99. The maximum Gasteiger partial charge on any atom is 0.0546 e. The summed E-state index contributed by atoms with van der Waals surface area (Å²) >= 11 is 1.86. The zero-order valence-electron chi connectivity index (χ0n) is 22.7. The number of rotatable bonds is 4. The summed E-state index contributed by atoms with van der Waals surface area (Å²) in [5.74, 6) is 0. The van der Waals surface area contributed by atoms with Crippen molar-refractivity contribution >= 4 is 70.1 Å². The average molecular weight is 542 g/mol. The van der Waals surface area contributed by atoms with E-state index in [-0.39, 0.29) is 0 Å². The Labute approximate surface area is 243 Å². The highest BCUT2D eigenvalue weighted by molar-refractivity contribution is 7.25. The molecule has 2 heteroatoms. The van der Waals surface area contributed by atoms with E-state index in [2.05, 4.69) is 157 Å². The fourth-order valence-corrected chi connectivity index (χ4v) is 7.31. The van der Waals surface area contributed by atoms with Gasteiger partial charge in [-0.25, -0.2) is 0 Å². The molecule has 0 aliphatic carbocycles. The van der Waals surface area contributed by atoms with Crippen LogP contribution < -0.4 is 4.90 Å². The average Bonchev–Trinajstić information content (AvgIpc) is 3.39. The van der Waals surface area contributed by atoms with Crippen molar-refractivity contribution < 1.29 is 0 Å². The second-order valence-electron chi connectivity index (χ2n) is 10.7. The van der Waals surface area contributed by atoms with Gasteiger partial charge in [-0.05, 0) is 82.1 Å². The monoisotopic (exact) mass is 541 g/mol. The summed E-state index contributed by atoms with van der Waals surface area (Å²) in [6, 6.07) is 53.2. The fraction of sp³-hybridized carbons (Fsp3) is 0.0256. The van der Waals surface area contributed by atoms with E-state index in [1.807, 2.05) is 11.3 Å². The minimum Gasteiger partial charge on any atom is -0.310 e. The maximum atomic E-state index is 2.45. The van der Waals surface area contributed by atoms with E-state index in [9.17, 15) is 0 Å². The first-order valence-electron chi connectivity index (χ1n) is 14.0. The Morgan fingerprint density at radius 2 is 1.12 bits per heavy atom. The zero-order chi connectivity index (χ0) is 27.3. The van der Waals surface area contributed by atoms with Gasteiger partial charge in [0.1, 0.15) is 0 Å². The normalized spacial score (nSPS) is 11.5. The van der Waals surface area contributed by atoms with Crippen molar-refractivity contribution in [1.29, 1.82) is 0 Å². The second kappa shape index (κ2) is 9.62. The molecule has 7 aromatic carbocycles. The molecule has 0 bridgehead atoms. The van der Waals surface area contributed by atoms with E-state index in [0.29, 0.717) is 0 Å². The molecule has 1 nitrogen and oxygen atoms in total. The molecule has 0 radical (unpaired) electrons. The molecular weight excluding hydrogens is 515 g/mol. The molecule has 1 heterocycles. The predicted octanol–water partition coefficient (Wildman–Crippen LogP) is 11.8. The molecule has 0 saturated carbocycles. The summed E-state index contributed by atoms with van der Waals surface area (Å²) < 4.78 is 2.64. The maximum absolute atomic E-state index is 2.45. The molecule has 0 aliphatic rings. The van der Waals surface area contributed by atoms with E-state index in [0.717, 1.165) is 11.4 Å². The van der Waals surface area contributed by atoms with Crippen molar-refractivity contribution in [2.24, 2.45) is 0 Å². The number of fused-ring (bicyclic) bond motifs is 5. The smallest absolute Gasteiger partial charge is 0.0546 e. The highest BCUT2D eigenvalue weighted by atomic mass is 32.1. The van der Waals surface area contributed by atoms with Gasteiger partial charge < -0.3 is 4.90 Å². The number of hydrogen-bond acceptors (Lipinski definition) is 2. The molecule has 41 heavy (non-hydrogen) atoms. The SMILES string of the molecule is Cc1cccc(N(c2ccc3sc4ccccc4c3c2)c2ccc3ccccc3c2-c2cccc3ccccc23)c1. The Kier molecular flexibility index (Phi) is 5.61. The lowest BCUT2D eigenvalue weighted by molar-refractivity contribution is 1.28. The van der Waals surface area contributed by atoms with Crippen molar-refractivity contribution in [3.8, 4) is 11.1 Å². The zero-order valence-corrected chi connectivity index (χ0v) is 23.5. The van der Waals surface area contributed by atoms with Gasteiger partial charge in [-0.1, -0.05) is 103 Å². The van der Waals surface area contributed by atoms with Crippen molar-refractivity contribution in [2.45, 2.75) is 6.92 Å². The molecule has 194 valence electrons. The minimum absolute atomic E-state index is 1.15. The molecule has 0 amide bonds. The van der Waals surface area contributed by atoms with Gasteiger partial charge in [0.25, 0.3) is 0 Å². The van der Waals surface area contributed by atoms with Gasteiger partial charge in [0.15, 0.2) is 0 Å². The van der Waals surface area contributed by atoms with Crippen LogP contribution in [-0.4, -0.2) is 0 Å². The van der Waals surface area contributed by atoms with Crippen LogP contribution >= 0.6 is 11.3 Å². The van der Waals surface area contributed by atoms with Crippen LogP contribution in [0.3, 0.4) is 0 Å². The molecule has 0 spiro atoms. The number of hydrogen-bond donors (Lipinski definition) is 0. The Hall–Kier alpha value is -4.92. The Balaban J connectivity index is 1.48. The highest BCUT2D eigenvalue weighted by Crippen LogP contribution is 2.47. The summed E-state index contributed by atoms with van der Waals surface area (Å²) in [4.78, 5) is 2.45. The quantitative estimate of drug-likeness (QED) is 0.214. The van der Waals surface area contributed by atoms with Crippen LogP contribution in [0.2, 0.25) is 0 Å². The molecule has 8 aromatic rings. The minimum atomic E-state index is 1.15. The van der Waals surface area contributed by atoms with Gasteiger partial charge in [0.2, 0.25) is 0 Å². The first-order chi connectivity index (χ1) is 20.2. The van der Waals surface area contributed by atoms with E-state index < -0.39 is 0 Å². The van der Waals surface area contributed by atoms with Crippen LogP contribution in [-0.2, 0) is 0 Å². The molecular formula is C39H27NS. The van der Waals surface area contributed by atoms with Crippen LogP contribution in [0.25, 0.3) is 52.8 Å². The lowest BCUT2D eigenvalue weighted by Gasteiger charge is -2.29. The number of anilines is 3. The number of nitrogens with zero attached hydrogens (tertiary/aromatic N) is 1. The molecule has 1 aromatic heterocycles. The van der Waals surface area contributed by atoms with Gasteiger partial charge >= 0.3 is 0 Å². The molecule has 0 fully saturated rings. The van der Waals surface area contributed by atoms with Gasteiger partial charge in [0.05, 0.1) is 5.69 Å². The lowest BCUT2D eigenvalue weighted by atomic mass is 9.91. The van der Waals surface area contributed by atoms with Crippen LogP contribution in [0.1, 0.15) is 5.56 Å². The number of benzene rings is 7. The van der Waals surface area contributed by atoms with E-state index in [1.165, 1.54) is 64.1 Å². The van der Waals surface area contributed by atoms with E-state index in [4.69, 9.17) is 0 Å². The van der Waals surface area contributed by atoms with Crippen molar-refractivity contribution in [2.75, 3.05) is 4.90 Å². The molecule has 0 N–H and O–H groups in total. The molecule has 0 unspecified atom stereocenters. The van der Waals surface area contributed by atoms with Crippen molar-refractivity contribution in [1.82, 2.24) is 0 Å². The third-order valence-electron chi connectivity index (χ3n) is 8.09. The Bertz CT molecular complexity index is 2230. The van der Waals surface area contributed by atoms with Crippen LogP contribution in [0.4, 0.5) is 17.1 Å². The first kappa shape index (κ1) is 23.9. The summed E-state index contributed by atoms with van der Waals surface area (Å²) in [6.45, 7) is 2.17. The predicted molar refractivity (Wildman–Crippen MR) is 179 cm³/mol. The topological polar surface area (TPSA) is 3.24 Å². The number of aryl methyl sites for hydroxylation is 1. The molecule has 0 aliphatic heterocycles. The summed E-state index contributed by atoms with van der Waals surface area (Å²) in [7, 11) is 0. The molecule has 0 saturated heterocycles. The van der Waals surface area contributed by atoms with E-state index in [1.54, 1.807) is 0 Å². The standard InChI is InChI=1S/C39H27NS/c1-26-10-8-14-29(24-26)40(30-21-23-38-35(25-30)33-17-6-7-19-37(33)41-38)36-22-20-28-12-3-5-16-32(28)39(36)34-18-9-13-27-11-2-4-15-31(27)34/h2-25H,1H3. The first-order valence-corrected chi connectivity index (χ1v) is 14.8. The van der Waals surface area contributed by atoms with Gasteiger partial charge in [0, 0.05) is 37.1 Å². The second-order valence-corrected chi connectivity index (χ2v) is 11.7. The Morgan fingerprint density at radius 1 is 0.463 bits per heavy atom. The summed E-state index contributed by atoms with van der Waals surface area (Å²) in [5.41, 5.74) is 7.21. The van der Waals surface area contributed by atoms with Crippen molar-refractivity contribution in [3.05, 3.63) is 151 Å². The largest absolute Gasteiger partial charge is 0.310 e. The third-order valence-corrected chi connectivity index (χ3v) is 9.24. The summed E-state index contributed by atoms with van der Waals surface area (Å²) in [5, 5.41) is 7.61. The Morgan fingerprint density at radius 3 is 1.98 bits per heavy atom. The van der Waals surface area contributed by atoms with Crippen LogP contribution in [0, 0.1) is 6.92 Å². The van der Waals surface area contributed by atoms with Gasteiger partial charge in [-0.15, -0.1) is 11.3 Å². The highest BCUT2D eigenvalue weighted by Gasteiger charge is 2.21. The number of thiophene rings is 1. The van der Waals surface area contributed by atoms with Gasteiger partial charge in [-0.2, -0.15) is 0 Å². The van der Waals surface area contributed by atoms with Crippen molar-refractivity contribution in [3.63, 3.8) is 0 Å². The van der Waals surface area contributed by atoms with Crippen LogP contribution in [0.5, 0.6) is 0 Å². The van der Waals surface area contributed by atoms with Crippen LogP contribution in [0.15, 0.2) is 146 Å². The van der Waals surface area contributed by atoms with E-state index >= 15 is 0 Å². The fourth-order valence-electron chi connectivity index (χ4n) is 6.22. The lowest BCUT2D eigenvalue weighted by Crippen LogP contribution is -2.11. The molecule has 0 atom stereocenters. The molecule has 8 rings (SSSR count). The van der Waals surface area contributed by atoms with Gasteiger partial charge in [-0.3, -0.25) is 0 Å². The summed E-state index contributed by atoms with van der Waals surface area (Å²) in [6.07, 6.45) is 0.